The molecule has 1 atom stereocenters. The largest absolute Gasteiger partial charge is 0.325 e. The minimum Gasteiger partial charge on any atom is -0.325 e. The van der Waals surface area contributed by atoms with E-state index in [0.717, 1.165) is 17.6 Å². The zero-order valence-corrected chi connectivity index (χ0v) is 17.2. The molecule has 0 saturated carbocycles. The molecule has 8 heteroatoms. The van der Waals surface area contributed by atoms with E-state index >= 15 is 0 Å². The van der Waals surface area contributed by atoms with E-state index in [2.05, 4.69) is 22.4 Å². The van der Waals surface area contributed by atoms with Crippen LogP contribution < -0.4 is 10.9 Å². The molecule has 0 aliphatic rings. The predicted molar refractivity (Wildman–Crippen MR) is 116 cm³/mol. The molecule has 1 N–H and O–H groups in total. The summed E-state index contributed by atoms with van der Waals surface area (Å²) in [4.78, 5) is 25.2. The highest BCUT2D eigenvalue weighted by Crippen LogP contribution is 2.25. The molecule has 0 fully saturated rings. The van der Waals surface area contributed by atoms with Crippen LogP contribution in [0, 0.1) is 0 Å². The standard InChI is InChI=1S/C21H21N5O2S/c1-4-14-9-11-15(12-10-14)22-18(27)13(2)29-21-24-23-20-25(3)19(28)16-7-5-6-8-17(16)26(20)21/h5-13H,4H2,1-3H3,(H,22,27). The number of rotatable bonds is 5. The molecule has 0 spiro atoms. The lowest BCUT2D eigenvalue weighted by molar-refractivity contribution is -0.115. The Labute approximate surface area is 171 Å². The van der Waals surface area contributed by atoms with Crippen LogP contribution in [0.3, 0.4) is 0 Å². The van der Waals surface area contributed by atoms with Crippen LogP contribution in [0.1, 0.15) is 19.4 Å². The molecule has 1 amide bonds. The molecular formula is C21H21N5O2S. The molecule has 1 unspecified atom stereocenters. The number of amides is 1. The number of aromatic nitrogens is 4. The number of carbonyl (C=O) groups excluding carboxylic acids is 1. The second kappa shape index (κ2) is 7.71. The van der Waals surface area contributed by atoms with Gasteiger partial charge in [0, 0.05) is 12.7 Å². The summed E-state index contributed by atoms with van der Waals surface area (Å²) >= 11 is 1.31. The number of thioether (sulfide) groups is 1. The summed E-state index contributed by atoms with van der Waals surface area (Å²) in [6, 6.07) is 15.2. The van der Waals surface area contributed by atoms with Gasteiger partial charge in [0.1, 0.15) is 0 Å². The second-order valence-electron chi connectivity index (χ2n) is 6.80. The maximum atomic E-state index is 12.7. The molecule has 7 nitrogen and oxygen atoms in total. The van der Waals surface area contributed by atoms with E-state index in [9.17, 15) is 9.59 Å². The van der Waals surface area contributed by atoms with E-state index in [4.69, 9.17) is 0 Å². The molecule has 0 bridgehead atoms. The Morgan fingerprint density at radius 2 is 1.86 bits per heavy atom. The number of hydrogen-bond donors (Lipinski definition) is 1. The molecule has 2 heterocycles. The Morgan fingerprint density at radius 1 is 1.14 bits per heavy atom. The number of fused-ring (bicyclic) bond motifs is 3. The first-order valence-corrected chi connectivity index (χ1v) is 10.3. The molecule has 0 radical (unpaired) electrons. The number of aryl methyl sites for hydroxylation is 2. The fraction of sp³-hybridized carbons (Fsp3) is 0.238. The summed E-state index contributed by atoms with van der Waals surface area (Å²) in [5.74, 6) is 0.323. The van der Waals surface area contributed by atoms with Crippen molar-refractivity contribution < 1.29 is 4.79 Å². The zero-order chi connectivity index (χ0) is 20.5. The number of benzene rings is 2. The molecule has 2 aromatic heterocycles. The molecule has 4 aromatic rings. The average Bonchev–Trinajstić information content (AvgIpc) is 3.16. The molecular weight excluding hydrogens is 386 g/mol. The van der Waals surface area contributed by atoms with Gasteiger partial charge in [0.2, 0.25) is 11.7 Å². The molecule has 148 valence electrons. The van der Waals surface area contributed by atoms with Crippen molar-refractivity contribution in [1.29, 1.82) is 0 Å². The van der Waals surface area contributed by atoms with Crippen molar-refractivity contribution in [3.63, 3.8) is 0 Å². The third-order valence-electron chi connectivity index (χ3n) is 4.88. The first-order valence-electron chi connectivity index (χ1n) is 9.39. The molecule has 0 aliphatic carbocycles. The molecule has 0 saturated heterocycles. The van der Waals surface area contributed by atoms with Crippen LogP contribution in [0.25, 0.3) is 16.7 Å². The fourth-order valence-electron chi connectivity index (χ4n) is 3.17. The number of hydrogen-bond acceptors (Lipinski definition) is 5. The lowest BCUT2D eigenvalue weighted by atomic mass is 10.1. The highest BCUT2D eigenvalue weighted by Gasteiger charge is 2.20. The van der Waals surface area contributed by atoms with Crippen LogP contribution >= 0.6 is 11.8 Å². The van der Waals surface area contributed by atoms with Gasteiger partial charge in [-0.05, 0) is 43.2 Å². The highest BCUT2D eigenvalue weighted by molar-refractivity contribution is 8.00. The number of nitrogens with zero attached hydrogens (tertiary/aromatic N) is 4. The molecule has 4 rings (SSSR count). The van der Waals surface area contributed by atoms with E-state index in [-0.39, 0.29) is 11.5 Å². The Morgan fingerprint density at radius 3 is 2.59 bits per heavy atom. The van der Waals surface area contributed by atoms with Crippen LogP contribution in [0.5, 0.6) is 0 Å². The minimum atomic E-state index is -0.399. The van der Waals surface area contributed by atoms with Crippen molar-refractivity contribution in [2.45, 2.75) is 30.7 Å². The van der Waals surface area contributed by atoms with Gasteiger partial charge in [0.05, 0.1) is 16.2 Å². The van der Waals surface area contributed by atoms with Crippen molar-refractivity contribution in [2.24, 2.45) is 7.05 Å². The SMILES string of the molecule is CCc1ccc(NC(=O)C(C)Sc2nnc3n(C)c(=O)c4ccccc4n23)cc1. The van der Waals surface area contributed by atoms with E-state index in [1.54, 1.807) is 13.1 Å². The first kappa shape index (κ1) is 19.2. The van der Waals surface area contributed by atoms with Crippen molar-refractivity contribution in [3.8, 4) is 0 Å². The third-order valence-corrected chi connectivity index (χ3v) is 5.92. The quantitative estimate of drug-likeness (QED) is 0.514. The van der Waals surface area contributed by atoms with Crippen molar-refractivity contribution in [1.82, 2.24) is 19.2 Å². The van der Waals surface area contributed by atoms with Gasteiger partial charge >= 0.3 is 0 Å². The van der Waals surface area contributed by atoms with Crippen LogP contribution in [0.15, 0.2) is 58.5 Å². The zero-order valence-electron chi connectivity index (χ0n) is 16.4. The summed E-state index contributed by atoms with van der Waals surface area (Å²) < 4.78 is 3.29. The van der Waals surface area contributed by atoms with Crippen molar-refractivity contribution >= 4 is 40.0 Å². The van der Waals surface area contributed by atoms with E-state index in [1.165, 1.54) is 21.9 Å². The van der Waals surface area contributed by atoms with Crippen molar-refractivity contribution in [2.75, 3.05) is 5.32 Å². The van der Waals surface area contributed by atoms with E-state index in [0.29, 0.717) is 16.3 Å². The number of carbonyl (C=O) groups is 1. The Hall–Kier alpha value is -3.13. The predicted octanol–water partition coefficient (Wildman–Crippen LogP) is 3.26. The Bertz CT molecular complexity index is 1260. The summed E-state index contributed by atoms with van der Waals surface area (Å²) in [6.07, 6.45) is 0.955. The Balaban J connectivity index is 1.63. The van der Waals surface area contributed by atoms with Gasteiger partial charge < -0.3 is 5.32 Å². The summed E-state index contributed by atoms with van der Waals surface area (Å²) in [7, 11) is 1.67. The van der Waals surface area contributed by atoms with E-state index in [1.807, 2.05) is 53.8 Å². The van der Waals surface area contributed by atoms with Gasteiger partial charge in [-0.15, -0.1) is 10.2 Å². The minimum absolute atomic E-state index is 0.120. The maximum absolute atomic E-state index is 12.7. The number of para-hydroxylation sites is 1. The van der Waals surface area contributed by atoms with Crippen LogP contribution in [0.4, 0.5) is 5.69 Å². The second-order valence-corrected chi connectivity index (χ2v) is 8.11. The maximum Gasteiger partial charge on any atom is 0.262 e. The number of nitrogens with one attached hydrogen (secondary N) is 1. The van der Waals surface area contributed by atoms with Crippen molar-refractivity contribution in [3.05, 3.63) is 64.4 Å². The summed E-state index contributed by atoms with van der Waals surface area (Å²) in [6.45, 7) is 3.92. The Kier molecular flexibility index (Phi) is 5.10. The van der Waals surface area contributed by atoms with Gasteiger partial charge in [-0.25, -0.2) is 0 Å². The summed E-state index contributed by atoms with van der Waals surface area (Å²) in [5.41, 5.74) is 2.58. The molecule has 29 heavy (non-hydrogen) atoms. The lowest BCUT2D eigenvalue weighted by Crippen LogP contribution is -2.23. The van der Waals surface area contributed by atoms with Gasteiger partial charge in [-0.1, -0.05) is 43.0 Å². The van der Waals surface area contributed by atoms with Gasteiger partial charge in [0.25, 0.3) is 5.56 Å². The van der Waals surface area contributed by atoms with Crippen LogP contribution in [0.2, 0.25) is 0 Å². The van der Waals surface area contributed by atoms with E-state index < -0.39 is 5.25 Å². The highest BCUT2D eigenvalue weighted by atomic mass is 32.2. The topological polar surface area (TPSA) is 81.3 Å². The fourth-order valence-corrected chi connectivity index (χ4v) is 4.02. The van der Waals surface area contributed by atoms with Gasteiger partial charge in [-0.3, -0.25) is 18.6 Å². The average molecular weight is 407 g/mol. The normalized spacial score (nSPS) is 12.4. The van der Waals surface area contributed by atoms with Crippen LogP contribution in [-0.4, -0.2) is 30.3 Å². The van der Waals surface area contributed by atoms with Gasteiger partial charge in [-0.2, -0.15) is 0 Å². The molecule has 0 aliphatic heterocycles. The smallest absolute Gasteiger partial charge is 0.262 e. The monoisotopic (exact) mass is 407 g/mol. The number of anilines is 1. The first-order chi connectivity index (χ1) is 14.0. The summed E-state index contributed by atoms with van der Waals surface area (Å²) in [5, 5.41) is 12.1. The van der Waals surface area contributed by atoms with Crippen LogP contribution in [-0.2, 0) is 18.3 Å². The lowest BCUT2D eigenvalue weighted by Gasteiger charge is -2.12. The third kappa shape index (κ3) is 3.51. The molecule has 2 aromatic carbocycles. The van der Waals surface area contributed by atoms with Gasteiger partial charge in [0.15, 0.2) is 5.16 Å².